The van der Waals surface area contributed by atoms with Gasteiger partial charge >= 0.3 is 0 Å². The van der Waals surface area contributed by atoms with Crippen LogP contribution in [0.2, 0.25) is 0 Å². The normalized spacial score (nSPS) is 40.3. The number of hydrogen-bond donors (Lipinski definition) is 0. The maximum Gasteiger partial charge on any atom is 0.226 e. The monoisotopic (exact) mass is 353 g/mol. The van der Waals surface area contributed by atoms with Gasteiger partial charge in [0.1, 0.15) is 4.33 Å². The van der Waals surface area contributed by atoms with E-state index in [9.17, 15) is 4.79 Å². The molecule has 0 spiro atoms. The molecule has 6 heteroatoms. The Morgan fingerprint density at radius 3 is 2.52 bits per heavy atom. The highest BCUT2D eigenvalue weighted by atomic mass is 35.5. The molecule has 3 saturated carbocycles. The Kier molecular flexibility index (Phi) is 3.10. The lowest BCUT2D eigenvalue weighted by atomic mass is 10.0. The van der Waals surface area contributed by atoms with E-state index in [2.05, 4.69) is 9.55 Å². The third-order valence-corrected chi connectivity index (χ3v) is 7.80. The maximum atomic E-state index is 12.9. The second-order valence-corrected chi connectivity index (χ2v) is 9.18. The summed E-state index contributed by atoms with van der Waals surface area (Å²) < 4.78 is 1.68. The smallest absolute Gasteiger partial charge is 0.226 e. The summed E-state index contributed by atoms with van der Waals surface area (Å²) in [6.07, 6.45) is 8.16. The molecule has 4 aliphatic rings. The SMILES string of the molecule is O=C(C1[C@H]2CC[C@@H]3[C@@H](CC[C@@H]12)C3(Cl)Cl)N1CCn2cncc2C1. The molecule has 0 bridgehead atoms. The Morgan fingerprint density at radius 1 is 1.13 bits per heavy atom. The van der Waals surface area contributed by atoms with E-state index in [0.717, 1.165) is 44.5 Å². The average molecular weight is 354 g/mol. The predicted molar refractivity (Wildman–Crippen MR) is 88.0 cm³/mol. The topological polar surface area (TPSA) is 38.1 Å². The zero-order valence-corrected chi connectivity index (χ0v) is 14.5. The van der Waals surface area contributed by atoms with Crippen molar-refractivity contribution in [1.29, 1.82) is 0 Å². The van der Waals surface area contributed by atoms with Crippen molar-refractivity contribution in [2.45, 2.75) is 43.1 Å². The van der Waals surface area contributed by atoms with Gasteiger partial charge in [0, 0.05) is 25.2 Å². The van der Waals surface area contributed by atoms with Crippen LogP contribution in [-0.4, -0.2) is 31.2 Å². The highest BCUT2D eigenvalue weighted by Crippen LogP contribution is 2.67. The van der Waals surface area contributed by atoms with Crippen LogP contribution in [-0.2, 0) is 17.9 Å². The van der Waals surface area contributed by atoms with Gasteiger partial charge in [0.25, 0.3) is 0 Å². The first-order valence-electron chi connectivity index (χ1n) is 8.73. The van der Waals surface area contributed by atoms with Crippen LogP contribution in [0.15, 0.2) is 12.5 Å². The minimum atomic E-state index is -0.471. The molecule has 4 nitrogen and oxygen atoms in total. The van der Waals surface area contributed by atoms with E-state index >= 15 is 0 Å². The van der Waals surface area contributed by atoms with Gasteiger partial charge in [-0.3, -0.25) is 4.79 Å². The van der Waals surface area contributed by atoms with Gasteiger partial charge in [-0.05, 0) is 49.4 Å². The fourth-order valence-electron chi connectivity index (χ4n) is 5.17. The average Bonchev–Trinajstić information content (AvgIpc) is 3.20. The fraction of sp³-hybridized carbons (Fsp3) is 0.765. The van der Waals surface area contributed by atoms with Crippen molar-refractivity contribution in [3.63, 3.8) is 0 Å². The zero-order valence-electron chi connectivity index (χ0n) is 13.0. The lowest BCUT2D eigenvalue weighted by molar-refractivity contribution is -0.134. The molecule has 23 heavy (non-hydrogen) atoms. The Bertz CT molecular complexity index is 636. The summed E-state index contributed by atoms with van der Waals surface area (Å²) >= 11 is 12.7. The molecule has 0 aromatic carbocycles. The summed E-state index contributed by atoms with van der Waals surface area (Å²) in [6.45, 7) is 2.40. The van der Waals surface area contributed by atoms with Gasteiger partial charge in [-0.2, -0.15) is 0 Å². The molecule has 1 aromatic rings. The van der Waals surface area contributed by atoms with Crippen molar-refractivity contribution in [2.24, 2.45) is 29.6 Å². The van der Waals surface area contributed by atoms with E-state index < -0.39 is 4.33 Å². The summed E-state index contributed by atoms with van der Waals surface area (Å²) in [6, 6.07) is 0. The molecule has 0 radical (unpaired) electrons. The minimum absolute atomic E-state index is 0.252. The highest BCUT2D eigenvalue weighted by Gasteiger charge is 2.65. The van der Waals surface area contributed by atoms with Crippen LogP contribution in [0.3, 0.4) is 0 Å². The second kappa shape index (κ2) is 4.89. The van der Waals surface area contributed by atoms with Crippen LogP contribution in [0.4, 0.5) is 0 Å². The third-order valence-electron chi connectivity index (χ3n) is 6.68. The first-order valence-corrected chi connectivity index (χ1v) is 9.48. The van der Waals surface area contributed by atoms with Gasteiger partial charge in [0.05, 0.1) is 18.6 Å². The number of amides is 1. The number of fused-ring (bicyclic) bond motifs is 3. The molecule has 5 atom stereocenters. The molecule has 1 aliphatic heterocycles. The zero-order chi connectivity index (χ0) is 15.8. The van der Waals surface area contributed by atoms with E-state index in [1.54, 1.807) is 0 Å². The van der Waals surface area contributed by atoms with Crippen molar-refractivity contribution < 1.29 is 4.79 Å². The van der Waals surface area contributed by atoms with Crippen LogP contribution in [0, 0.1) is 29.6 Å². The molecule has 0 saturated heterocycles. The molecule has 0 N–H and O–H groups in total. The largest absolute Gasteiger partial charge is 0.335 e. The lowest BCUT2D eigenvalue weighted by Crippen LogP contribution is -2.39. The van der Waals surface area contributed by atoms with Gasteiger partial charge in [-0.1, -0.05) is 0 Å². The summed E-state index contributed by atoms with van der Waals surface area (Å²) in [4.78, 5) is 19.2. The van der Waals surface area contributed by atoms with E-state index in [4.69, 9.17) is 23.2 Å². The maximum absolute atomic E-state index is 12.9. The Morgan fingerprint density at radius 2 is 1.83 bits per heavy atom. The Hall–Kier alpha value is -0.740. The van der Waals surface area contributed by atoms with Gasteiger partial charge in [-0.15, -0.1) is 23.2 Å². The Labute approximate surface area is 146 Å². The molecule has 124 valence electrons. The minimum Gasteiger partial charge on any atom is -0.335 e. The number of carbonyl (C=O) groups is 1. The number of carbonyl (C=O) groups excluding carboxylic acids is 1. The van der Waals surface area contributed by atoms with Crippen molar-refractivity contribution >= 4 is 29.1 Å². The second-order valence-electron chi connectivity index (χ2n) is 7.73. The number of hydrogen-bond acceptors (Lipinski definition) is 2. The molecular formula is C17H21Cl2N3O. The molecule has 5 rings (SSSR count). The number of rotatable bonds is 1. The molecule has 1 aromatic heterocycles. The Balaban J connectivity index is 1.25. The highest BCUT2D eigenvalue weighted by molar-refractivity contribution is 6.51. The summed E-state index contributed by atoms with van der Waals surface area (Å²) in [7, 11) is 0. The predicted octanol–water partition coefficient (Wildman–Crippen LogP) is 3.08. The van der Waals surface area contributed by atoms with Crippen LogP contribution < -0.4 is 0 Å². The van der Waals surface area contributed by atoms with Gasteiger partial charge in [0.15, 0.2) is 0 Å². The first kappa shape index (κ1) is 14.6. The molecule has 2 heterocycles. The molecule has 1 amide bonds. The van der Waals surface area contributed by atoms with Gasteiger partial charge < -0.3 is 9.47 Å². The van der Waals surface area contributed by atoms with Gasteiger partial charge in [-0.25, -0.2) is 4.98 Å². The van der Waals surface area contributed by atoms with Crippen LogP contribution >= 0.6 is 23.2 Å². The number of halogens is 2. The lowest BCUT2D eigenvalue weighted by Gasteiger charge is -2.28. The molecule has 3 fully saturated rings. The van der Waals surface area contributed by atoms with E-state index in [0.29, 0.717) is 36.1 Å². The van der Waals surface area contributed by atoms with Crippen molar-refractivity contribution in [3.8, 4) is 0 Å². The first-order chi connectivity index (χ1) is 11.1. The van der Waals surface area contributed by atoms with Crippen LogP contribution in [0.5, 0.6) is 0 Å². The van der Waals surface area contributed by atoms with Gasteiger partial charge in [0.2, 0.25) is 5.91 Å². The van der Waals surface area contributed by atoms with E-state index in [1.807, 2.05) is 17.4 Å². The quantitative estimate of drug-likeness (QED) is 0.727. The van der Waals surface area contributed by atoms with E-state index in [-0.39, 0.29) is 5.92 Å². The molecule has 3 aliphatic carbocycles. The summed E-state index contributed by atoms with van der Waals surface area (Å²) in [5.41, 5.74) is 1.15. The van der Waals surface area contributed by atoms with Crippen molar-refractivity contribution in [3.05, 3.63) is 18.2 Å². The number of aromatic nitrogens is 2. The standard InChI is InChI=1S/C17H21Cl2N3O/c18-17(19)13-3-1-11-12(2-4-14(13)17)15(11)16(23)21-5-6-22-9-20-7-10(22)8-21/h7,9,11-15H,1-6,8H2/t11-,12+,13-,14-,15?/m1/s1. The van der Waals surface area contributed by atoms with Crippen molar-refractivity contribution in [1.82, 2.24) is 14.5 Å². The number of nitrogens with zero attached hydrogens (tertiary/aromatic N) is 3. The fourth-order valence-corrected chi connectivity index (χ4v) is 6.09. The molecular weight excluding hydrogens is 333 g/mol. The van der Waals surface area contributed by atoms with E-state index in [1.165, 1.54) is 0 Å². The van der Waals surface area contributed by atoms with Crippen molar-refractivity contribution in [2.75, 3.05) is 6.54 Å². The number of imidazole rings is 1. The van der Waals surface area contributed by atoms with Crippen LogP contribution in [0.25, 0.3) is 0 Å². The van der Waals surface area contributed by atoms with Crippen LogP contribution in [0.1, 0.15) is 31.4 Å². The third kappa shape index (κ3) is 2.17. The summed E-state index contributed by atoms with van der Waals surface area (Å²) in [5.74, 6) is 2.69. The number of alkyl halides is 2. The summed E-state index contributed by atoms with van der Waals surface area (Å²) in [5, 5.41) is 0. The molecule has 1 unspecified atom stereocenters.